The fraction of sp³-hybridized carbons (Fsp3) is 0. The van der Waals surface area contributed by atoms with Gasteiger partial charge in [-0.15, -0.1) is 0 Å². The number of anilines is 1. The van der Waals surface area contributed by atoms with Crippen molar-refractivity contribution in [3.8, 4) is 0 Å². The standard InChI is InChI=1S/C11H7N3O2/c15-10-4-5-11(16)14(10)9-3-1-2-8-12-6-7-13(8)9/h1-7H. The molecule has 1 aliphatic heterocycles. The van der Waals surface area contributed by atoms with E-state index in [9.17, 15) is 9.59 Å². The van der Waals surface area contributed by atoms with Crippen molar-refractivity contribution in [3.05, 3.63) is 42.7 Å². The first-order valence-corrected chi connectivity index (χ1v) is 4.75. The summed E-state index contributed by atoms with van der Waals surface area (Å²) in [6.45, 7) is 0. The summed E-state index contributed by atoms with van der Waals surface area (Å²) in [6, 6.07) is 5.27. The quantitative estimate of drug-likeness (QED) is 0.657. The zero-order chi connectivity index (χ0) is 11.1. The molecule has 78 valence electrons. The number of hydrogen-bond donors (Lipinski definition) is 0. The molecular formula is C11H7N3O2. The first kappa shape index (κ1) is 8.84. The molecule has 2 amide bonds. The average Bonchev–Trinajstić information content (AvgIpc) is 2.86. The summed E-state index contributed by atoms with van der Waals surface area (Å²) in [5, 5.41) is 0. The van der Waals surface area contributed by atoms with E-state index in [0.29, 0.717) is 11.5 Å². The molecule has 0 radical (unpaired) electrons. The smallest absolute Gasteiger partial charge is 0.259 e. The molecule has 2 aromatic heterocycles. The topological polar surface area (TPSA) is 54.7 Å². The molecule has 0 N–H and O–H groups in total. The highest BCUT2D eigenvalue weighted by Crippen LogP contribution is 2.19. The van der Waals surface area contributed by atoms with Crippen LogP contribution in [0.3, 0.4) is 0 Å². The van der Waals surface area contributed by atoms with Gasteiger partial charge in [0, 0.05) is 24.5 Å². The molecule has 0 bridgehead atoms. The van der Waals surface area contributed by atoms with E-state index in [4.69, 9.17) is 0 Å². The summed E-state index contributed by atoms with van der Waals surface area (Å²) in [5.41, 5.74) is 0.699. The number of rotatable bonds is 1. The minimum Gasteiger partial charge on any atom is -0.285 e. The monoisotopic (exact) mass is 213 g/mol. The molecule has 0 spiro atoms. The third-order valence-electron chi connectivity index (χ3n) is 2.45. The van der Waals surface area contributed by atoms with Crippen molar-refractivity contribution < 1.29 is 9.59 Å². The number of fused-ring (bicyclic) bond motifs is 1. The maximum atomic E-state index is 11.5. The molecule has 2 aromatic rings. The Morgan fingerprint density at radius 3 is 2.56 bits per heavy atom. The van der Waals surface area contributed by atoms with Gasteiger partial charge in [-0.05, 0) is 12.1 Å². The second kappa shape index (κ2) is 3.03. The van der Waals surface area contributed by atoms with Gasteiger partial charge in [0.2, 0.25) is 0 Å². The van der Waals surface area contributed by atoms with E-state index in [-0.39, 0.29) is 11.8 Å². The summed E-state index contributed by atoms with van der Waals surface area (Å²) in [6.07, 6.45) is 5.86. The largest absolute Gasteiger partial charge is 0.285 e. The summed E-state index contributed by atoms with van der Waals surface area (Å²) < 4.78 is 1.70. The van der Waals surface area contributed by atoms with Gasteiger partial charge in [0.1, 0.15) is 11.5 Å². The van der Waals surface area contributed by atoms with E-state index in [1.807, 2.05) is 6.07 Å². The van der Waals surface area contributed by atoms with E-state index in [1.165, 1.54) is 12.2 Å². The molecule has 0 unspecified atom stereocenters. The first-order chi connectivity index (χ1) is 7.77. The number of nitrogens with zero attached hydrogens (tertiary/aromatic N) is 3. The highest BCUT2D eigenvalue weighted by Gasteiger charge is 2.26. The van der Waals surface area contributed by atoms with E-state index >= 15 is 0 Å². The SMILES string of the molecule is O=C1C=CC(=O)N1c1cccc2nccn12. The molecular weight excluding hydrogens is 206 g/mol. The molecule has 0 saturated heterocycles. The maximum Gasteiger partial charge on any atom is 0.259 e. The summed E-state index contributed by atoms with van der Waals surface area (Å²) in [7, 11) is 0. The van der Waals surface area contributed by atoms with Crippen LogP contribution in [-0.2, 0) is 9.59 Å². The molecule has 0 aromatic carbocycles. The fourth-order valence-corrected chi connectivity index (χ4v) is 1.74. The summed E-state index contributed by atoms with van der Waals surface area (Å²) >= 11 is 0. The Labute approximate surface area is 90.6 Å². The molecule has 1 aliphatic rings. The average molecular weight is 213 g/mol. The Hall–Kier alpha value is -2.43. The third-order valence-corrected chi connectivity index (χ3v) is 2.45. The zero-order valence-corrected chi connectivity index (χ0v) is 8.20. The molecule has 0 atom stereocenters. The Morgan fingerprint density at radius 1 is 1.06 bits per heavy atom. The number of pyridine rings is 1. The molecule has 0 aliphatic carbocycles. The molecule has 5 nitrogen and oxygen atoms in total. The lowest BCUT2D eigenvalue weighted by Crippen LogP contribution is -2.31. The van der Waals surface area contributed by atoms with Crippen molar-refractivity contribution in [1.29, 1.82) is 0 Å². The van der Waals surface area contributed by atoms with Gasteiger partial charge in [-0.1, -0.05) is 6.07 Å². The number of imidazole rings is 1. The van der Waals surface area contributed by atoms with Crippen molar-refractivity contribution in [1.82, 2.24) is 9.38 Å². The fourth-order valence-electron chi connectivity index (χ4n) is 1.74. The third kappa shape index (κ3) is 1.08. The normalized spacial score (nSPS) is 15.4. The number of imide groups is 1. The maximum absolute atomic E-state index is 11.5. The second-order valence-corrected chi connectivity index (χ2v) is 3.38. The Balaban J connectivity index is 2.23. The molecule has 3 rings (SSSR count). The minimum atomic E-state index is -0.328. The minimum absolute atomic E-state index is 0.328. The predicted octanol–water partition coefficient (Wildman–Crippen LogP) is 0.764. The predicted molar refractivity (Wildman–Crippen MR) is 56.8 cm³/mol. The van der Waals surface area contributed by atoms with Crippen LogP contribution in [0.1, 0.15) is 0 Å². The lowest BCUT2D eigenvalue weighted by molar-refractivity contribution is -0.120. The van der Waals surface area contributed by atoms with Gasteiger partial charge in [-0.3, -0.25) is 14.0 Å². The Bertz CT molecular complexity index is 609. The van der Waals surface area contributed by atoms with Crippen LogP contribution in [0.4, 0.5) is 5.82 Å². The van der Waals surface area contributed by atoms with Crippen LogP contribution in [0.2, 0.25) is 0 Å². The number of carbonyl (C=O) groups is 2. The molecule has 0 saturated carbocycles. The van der Waals surface area contributed by atoms with Crippen LogP contribution < -0.4 is 4.90 Å². The van der Waals surface area contributed by atoms with Gasteiger partial charge >= 0.3 is 0 Å². The van der Waals surface area contributed by atoms with E-state index < -0.39 is 0 Å². The van der Waals surface area contributed by atoms with Crippen molar-refractivity contribution in [2.24, 2.45) is 0 Å². The van der Waals surface area contributed by atoms with Crippen molar-refractivity contribution >= 4 is 23.3 Å². The number of aromatic nitrogens is 2. The highest BCUT2D eigenvalue weighted by atomic mass is 16.2. The molecule has 0 fully saturated rings. The van der Waals surface area contributed by atoms with Gasteiger partial charge in [0.15, 0.2) is 0 Å². The molecule has 5 heteroatoms. The van der Waals surface area contributed by atoms with Crippen molar-refractivity contribution in [3.63, 3.8) is 0 Å². The van der Waals surface area contributed by atoms with E-state index in [2.05, 4.69) is 4.98 Å². The van der Waals surface area contributed by atoms with Crippen LogP contribution >= 0.6 is 0 Å². The lowest BCUT2D eigenvalue weighted by atomic mass is 10.4. The van der Waals surface area contributed by atoms with Crippen LogP contribution in [-0.4, -0.2) is 21.2 Å². The summed E-state index contributed by atoms with van der Waals surface area (Å²) in [4.78, 5) is 28.3. The van der Waals surface area contributed by atoms with Crippen LogP contribution in [0.5, 0.6) is 0 Å². The van der Waals surface area contributed by atoms with Gasteiger partial charge in [0.25, 0.3) is 11.8 Å². The Kier molecular flexibility index (Phi) is 1.67. The van der Waals surface area contributed by atoms with Gasteiger partial charge in [-0.25, -0.2) is 9.88 Å². The lowest BCUT2D eigenvalue weighted by Gasteiger charge is -2.15. The highest BCUT2D eigenvalue weighted by molar-refractivity contribution is 6.27. The number of hydrogen-bond acceptors (Lipinski definition) is 3. The summed E-state index contributed by atoms with van der Waals surface area (Å²) in [5.74, 6) is -0.146. The van der Waals surface area contributed by atoms with E-state index in [0.717, 1.165) is 4.90 Å². The van der Waals surface area contributed by atoms with Crippen molar-refractivity contribution in [2.75, 3.05) is 4.90 Å². The van der Waals surface area contributed by atoms with Gasteiger partial charge in [0.05, 0.1) is 0 Å². The van der Waals surface area contributed by atoms with Crippen LogP contribution in [0, 0.1) is 0 Å². The Morgan fingerprint density at radius 2 is 1.81 bits per heavy atom. The zero-order valence-electron chi connectivity index (χ0n) is 8.20. The van der Waals surface area contributed by atoms with Crippen LogP contribution in [0.15, 0.2) is 42.7 Å². The molecule has 3 heterocycles. The number of carbonyl (C=O) groups excluding carboxylic acids is 2. The first-order valence-electron chi connectivity index (χ1n) is 4.75. The van der Waals surface area contributed by atoms with Crippen LogP contribution in [0.25, 0.3) is 5.65 Å². The number of amides is 2. The van der Waals surface area contributed by atoms with Gasteiger partial charge < -0.3 is 0 Å². The molecule has 16 heavy (non-hydrogen) atoms. The van der Waals surface area contributed by atoms with E-state index in [1.54, 1.807) is 28.9 Å². The van der Waals surface area contributed by atoms with Gasteiger partial charge in [-0.2, -0.15) is 0 Å². The van der Waals surface area contributed by atoms with Crippen molar-refractivity contribution in [2.45, 2.75) is 0 Å². The second-order valence-electron chi connectivity index (χ2n) is 3.38.